The summed E-state index contributed by atoms with van der Waals surface area (Å²) in [6, 6.07) is 3.70. The Bertz CT molecular complexity index is 912. The molecule has 0 aromatic heterocycles. The largest absolute Gasteiger partial charge is 0.507 e. The standard InChI is InChI=1S/C27H43N3O7/c1-7-8-9-10-11-12-16-30(21(31)17-29-26(35)37-27(3,4)5)23(25(34)28-18-22(32)36-6)20-15-13-14-19(2)24(20)33/h13-15,23,33H,7-12,16-18H2,1-6H3,(H,28,34)(H,29,35). The van der Waals surface area contributed by atoms with E-state index in [0.29, 0.717) is 12.0 Å². The second-order valence-corrected chi connectivity index (χ2v) is 9.92. The molecule has 0 bridgehead atoms. The summed E-state index contributed by atoms with van der Waals surface area (Å²) in [5, 5.41) is 15.7. The first-order valence-electron chi connectivity index (χ1n) is 12.8. The van der Waals surface area contributed by atoms with Crippen LogP contribution in [0.15, 0.2) is 18.2 Å². The van der Waals surface area contributed by atoms with Gasteiger partial charge in [0.15, 0.2) is 0 Å². The number of hydrogen-bond donors (Lipinski definition) is 3. The van der Waals surface area contributed by atoms with Crippen LogP contribution in [-0.2, 0) is 23.9 Å². The number of unbranched alkanes of at least 4 members (excludes halogenated alkanes) is 5. The molecule has 10 nitrogen and oxygen atoms in total. The molecule has 0 aliphatic rings. The molecular weight excluding hydrogens is 478 g/mol. The number of aromatic hydroxyl groups is 1. The summed E-state index contributed by atoms with van der Waals surface area (Å²) in [5.41, 5.74) is 0.00990. The lowest BCUT2D eigenvalue weighted by Crippen LogP contribution is -2.48. The fourth-order valence-corrected chi connectivity index (χ4v) is 3.70. The van der Waals surface area contributed by atoms with Gasteiger partial charge in [0.25, 0.3) is 0 Å². The Morgan fingerprint density at radius 2 is 1.65 bits per heavy atom. The number of hydrogen-bond acceptors (Lipinski definition) is 7. The van der Waals surface area contributed by atoms with Crippen molar-refractivity contribution in [3.8, 4) is 5.75 Å². The lowest BCUT2D eigenvalue weighted by molar-refractivity contribution is -0.143. The Hall–Kier alpha value is -3.30. The minimum Gasteiger partial charge on any atom is -0.507 e. The van der Waals surface area contributed by atoms with Gasteiger partial charge in [-0.25, -0.2) is 4.79 Å². The lowest BCUT2D eigenvalue weighted by Gasteiger charge is -2.32. The third-order valence-corrected chi connectivity index (χ3v) is 5.61. The van der Waals surface area contributed by atoms with E-state index in [9.17, 15) is 24.3 Å². The van der Waals surface area contributed by atoms with E-state index in [-0.39, 0.29) is 17.9 Å². The molecule has 1 aromatic rings. The number of rotatable bonds is 14. The van der Waals surface area contributed by atoms with Crippen molar-refractivity contribution in [1.29, 1.82) is 0 Å². The molecule has 1 unspecified atom stereocenters. The SMILES string of the molecule is CCCCCCCCN(C(=O)CNC(=O)OC(C)(C)C)C(C(=O)NCC(=O)OC)c1cccc(C)c1O. The molecule has 10 heteroatoms. The van der Waals surface area contributed by atoms with Crippen molar-refractivity contribution in [3.05, 3.63) is 29.3 Å². The number of benzene rings is 1. The molecule has 1 atom stereocenters. The smallest absolute Gasteiger partial charge is 0.408 e. The molecule has 0 saturated heterocycles. The van der Waals surface area contributed by atoms with Gasteiger partial charge in [-0.15, -0.1) is 0 Å². The number of aryl methyl sites for hydroxylation is 1. The van der Waals surface area contributed by atoms with Gasteiger partial charge in [0.05, 0.1) is 7.11 Å². The normalized spacial score (nSPS) is 11.8. The van der Waals surface area contributed by atoms with Crippen molar-refractivity contribution >= 4 is 23.9 Å². The first-order valence-corrected chi connectivity index (χ1v) is 12.8. The van der Waals surface area contributed by atoms with Crippen LogP contribution in [0.3, 0.4) is 0 Å². The summed E-state index contributed by atoms with van der Waals surface area (Å²) < 4.78 is 9.83. The van der Waals surface area contributed by atoms with Crippen molar-refractivity contribution in [3.63, 3.8) is 0 Å². The van der Waals surface area contributed by atoms with Crippen LogP contribution in [0, 0.1) is 6.92 Å². The molecule has 1 rings (SSSR count). The topological polar surface area (TPSA) is 134 Å². The Balaban J connectivity index is 3.25. The van der Waals surface area contributed by atoms with E-state index in [1.165, 1.54) is 12.0 Å². The summed E-state index contributed by atoms with van der Waals surface area (Å²) in [6.07, 6.45) is 5.00. The van der Waals surface area contributed by atoms with Crippen molar-refractivity contribution in [1.82, 2.24) is 15.5 Å². The highest BCUT2D eigenvalue weighted by Gasteiger charge is 2.34. The second-order valence-electron chi connectivity index (χ2n) is 9.92. The predicted octanol–water partition coefficient (Wildman–Crippen LogP) is 3.74. The second kappa shape index (κ2) is 15.7. The summed E-state index contributed by atoms with van der Waals surface area (Å²) in [5.74, 6) is -1.95. The highest BCUT2D eigenvalue weighted by molar-refractivity contribution is 5.92. The quantitative estimate of drug-likeness (QED) is 0.251. The third-order valence-electron chi connectivity index (χ3n) is 5.61. The summed E-state index contributed by atoms with van der Waals surface area (Å²) >= 11 is 0. The van der Waals surface area contributed by atoms with E-state index in [1.807, 2.05) is 0 Å². The number of carbonyl (C=O) groups is 4. The minimum atomic E-state index is -1.23. The van der Waals surface area contributed by atoms with E-state index in [4.69, 9.17) is 4.74 Å². The third kappa shape index (κ3) is 11.5. The number of nitrogens with zero attached hydrogens (tertiary/aromatic N) is 1. The van der Waals surface area contributed by atoms with Gasteiger partial charge in [-0.1, -0.05) is 57.2 Å². The van der Waals surface area contributed by atoms with Crippen LogP contribution < -0.4 is 10.6 Å². The molecule has 208 valence electrons. The van der Waals surface area contributed by atoms with E-state index in [2.05, 4.69) is 22.3 Å². The van der Waals surface area contributed by atoms with Gasteiger partial charge < -0.3 is 30.1 Å². The minimum absolute atomic E-state index is 0.124. The predicted molar refractivity (Wildman–Crippen MR) is 140 cm³/mol. The maximum absolute atomic E-state index is 13.4. The maximum Gasteiger partial charge on any atom is 0.408 e. The molecule has 0 heterocycles. The number of nitrogens with one attached hydrogen (secondary N) is 2. The number of ether oxygens (including phenoxy) is 2. The van der Waals surface area contributed by atoms with Crippen LogP contribution in [0.1, 0.15) is 83.4 Å². The Kier molecular flexibility index (Phi) is 13.5. The Morgan fingerprint density at radius 3 is 2.27 bits per heavy atom. The van der Waals surface area contributed by atoms with Gasteiger partial charge in [0.1, 0.15) is 30.5 Å². The van der Waals surface area contributed by atoms with Crippen LogP contribution in [0.2, 0.25) is 0 Å². The molecule has 0 fully saturated rings. The fraction of sp³-hybridized carbons (Fsp3) is 0.630. The highest BCUT2D eigenvalue weighted by Crippen LogP contribution is 2.32. The molecule has 1 aromatic carbocycles. The molecule has 0 spiro atoms. The van der Waals surface area contributed by atoms with Crippen molar-refractivity contribution in [2.75, 3.05) is 26.7 Å². The number of alkyl carbamates (subject to hydrolysis) is 1. The van der Waals surface area contributed by atoms with Gasteiger partial charge >= 0.3 is 12.1 Å². The average Bonchev–Trinajstić information content (AvgIpc) is 2.83. The zero-order chi connectivity index (χ0) is 28.0. The van der Waals surface area contributed by atoms with Crippen LogP contribution >= 0.6 is 0 Å². The monoisotopic (exact) mass is 521 g/mol. The molecule has 0 radical (unpaired) electrons. The molecule has 3 amide bonds. The zero-order valence-corrected chi connectivity index (χ0v) is 23.0. The molecule has 0 aliphatic heterocycles. The van der Waals surface area contributed by atoms with E-state index < -0.39 is 48.6 Å². The van der Waals surface area contributed by atoms with Crippen molar-refractivity contribution < 1.29 is 33.8 Å². The van der Waals surface area contributed by atoms with E-state index >= 15 is 0 Å². The van der Waals surface area contributed by atoms with Crippen LogP contribution in [-0.4, -0.2) is 66.2 Å². The average molecular weight is 522 g/mol. The number of phenols is 1. The van der Waals surface area contributed by atoms with Crippen LogP contribution in [0.5, 0.6) is 5.75 Å². The summed E-state index contributed by atoms with van der Waals surface area (Å²) in [7, 11) is 1.20. The maximum atomic E-state index is 13.4. The fourth-order valence-electron chi connectivity index (χ4n) is 3.70. The Labute approximate surface area is 220 Å². The molecule has 0 aliphatic carbocycles. The lowest BCUT2D eigenvalue weighted by atomic mass is 9.99. The number of phenolic OH excluding ortho intramolecular Hbond substituents is 1. The molecular formula is C27H43N3O7. The van der Waals surface area contributed by atoms with Gasteiger partial charge in [0.2, 0.25) is 11.8 Å². The number of carbonyl (C=O) groups excluding carboxylic acids is 4. The number of para-hydroxylation sites is 1. The number of esters is 1. The molecule has 3 N–H and O–H groups in total. The Morgan fingerprint density at radius 1 is 1.00 bits per heavy atom. The van der Waals surface area contributed by atoms with Gasteiger partial charge in [-0.3, -0.25) is 14.4 Å². The molecule has 0 saturated carbocycles. The van der Waals surface area contributed by atoms with Gasteiger partial charge in [-0.05, 0) is 39.7 Å². The van der Waals surface area contributed by atoms with E-state index in [0.717, 1.165) is 32.1 Å². The van der Waals surface area contributed by atoms with E-state index in [1.54, 1.807) is 45.9 Å². The van der Waals surface area contributed by atoms with Gasteiger partial charge in [-0.2, -0.15) is 0 Å². The summed E-state index contributed by atoms with van der Waals surface area (Å²) in [6.45, 7) is 8.36. The summed E-state index contributed by atoms with van der Waals surface area (Å²) in [4.78, 5) is 51.9. The van der Waals surface area contributed by atoms with Crippen LogP contribution in [0.25, 0.3) is 0 Å². The van der Waals surface area contributed by atoms with Crippen molar-refractivity contribution in [2.24, 2.45) is 0 Å². The molecule has 37 heavy (non-hydrogen) atoms. The van der Waals surface area contributed by atoms with Crippen molar-refractivity contribution in [2.45, 2.75) is 84.8 Å². The highest BCUT2D eigenvalue weighted by atomic mass is 16.6. The van der Waals surface area contributed by atoms with Gasteiger partial charge in [0, 0.05) is 12.1 Å². The van der Waals surface area contributed by atoms with Crippen LogP contribution in [0.4, 0.5) is 4.79 Å². The number of amides is 3. The zero-order valence-electron chi connectivity index (χ0n) is 23.0. The number of methoxy groups -OCH3 is 1. The first-order chi connectivity index (χ1) is 17.4. The first kappa shape index (κ1) is 31.7.